The summed E-state index contributed by atoms with van der Waals surface area (Å²) in [5.41, 5.74) is 7.80. The highest BCUT2D eigenvalue weighted by Crippen LogP contribution is 2.22. The van der Waals surface area contributed by atoms with E-state index in [0.717, 1.165) is 30.6 Å². The first-order valence-electron chi connectivity index (χ1n) is 7.95. The van der Waals surface area contributed by atoms with E-state index in [9.17, 15) is 9.59 Å². The summed E-state index contributed by atoms with van der Waals surface area (Å²) < 4.78 is 0. The normalized spacial score (nSPS) is 16.7. The molecule has 1 aromatic carbocycles. The van der Waals surface area contributed by atoms with Gasteiger partial charge in [-0.15, -0.1) is 12.4 Å². The van der Waals surface area contributed by atoms with E-state index in [1.165, 1.54) is 0 Å². The third kappa shape index (κ3) is 4.94. The highest BCUT2D eigenvalue weighted by molar-refractivity contribution is 5.95. The molecule has 0 saturated carbocycles. The maximum atomic E-state index is 12.0. The average Bonchev–Trinajstić information content (AvgIpc) is 2.97. The van der Waals surface area contributed by atoms with Gasteiger partial charge in [-0.2, -0.15) is 0 Å². The van der Waals surface area contributed by atoms with Crippen LogP contribution in [0.3, 0.4) is 0 Å². The molecule has 0 bridgehead atoms. The van der Waals surface area contributed by atoms with Crippen molar-refractivity contribution in [3.05, 3.63) is 29.8 Å². The fourth-order valence-corrected chi connectivity index (χ4v) is 2.57. The molecular formula is C17H26ClN3O2. The third-order valence-electron chi connectivity index (χ3n) is 4.32. The van der Waals surface area contributed by atoms with Gasteiger partial charge in [0, 0.05) is 25.2 Å². The Labute approximate surface area is 144 Å². The van der Waals surface area contributed by atoms with E-state index in [-0.39, 0.29) is 30.1 Å². The molecule has 128 valence electrons. The summed E-state index contributed by atoms with van der Waals surface area (Å²) in [6.45, 7) is 5.20. The molecule has 1 heterocycles. The second-order valence-corrected chi connectivity index (χ2v) is 5.95. The molecule has 1 aliphatic rings. The highest BCUT2D eigenvalue weighted by atomic mass is 35.5. The number of anilines is 1. The summed E-state index contributed by atoms with van der Waals surface area (Å²) in [6, 6.07) is 7.27. The van der Waals surface area contributed by atoms with E-state index in [1.54, 1.807) is 4.90 Å². The van der Waals surface area contributed by atoms with Gasteiger partial charge >= 0.3 is 0 Å². The molecule has 1 saturated heterocycles. The van der Waals surface area contributed by atoms with Crippen molar-refractivity contribution in [3.63, 3.8) is 0 Å². The number of carbonyl (C=O) groups excluding carboxylic acids is 2. The lowest BCUT2D eigenvalue weighted by atomic mass is 9.99. The van der Waals surface area contributed by atoms with Gasteiger partial charge in [0.1, 0.15) is 0 Å². The van der Waals surface area contributed by atoms with Crippen LogP contribution in [0.1, 0.15) is 38.7 Å². The molecule has 23 heavy (non-hydrogen) atoms. The van der Waals surface area contributed by atoms with Crippen LogP contribution in [0, 0.1) is 5.92 Å². The van der Waals surface area contributed by atoms with Gasteiger partial charge in [0.05, 0.1) is 6.04 Å². The number of nitrogens with zero attached hydrogens (tertiary/aromatic N) is 1. The van der Waals surface area contributed by atoms with E-state index in [1.807, 2.05) is 38.1 Å². The summed E-state index contributed by atoms with van der Waals surface area (Å²) in [7, 11) is 0. The van der Waals surface area contributed by atoms with Crippen LogP contribution in [0.4, 0.5) is 5.69 Å². The van der Waals surface area contributed by atoms with Crippen LogP contribution in [-0.2, 0) is 16.1 Å². The van der Waals surface area contributed by atoms with Crippen molar-refractivity contribution >= 4 is 29.9 Å². The van der Waals surface area contributed by atoms with Crippen molar-refractivity contribution in [2.75, 3.05) is 11.4 Å². The summed E-state index contributed by atoms with van der Waals surface area (Å²) >= 11 is 0. The van der Waals surface area contributed by atoms with Crippen LogP contribution >= 0.6 is 12.4 Å². The molecule has 0 spiro atoms. The maximum Gasteiger partial charge on any atom is 0.237 e. The van der Waals surface area contributed by atoms with E-state index >= 15 is 0 Å². The molecule has 6 heteroatoms. The number of nitrogens with two attached hydrogens (primary N) is 1. The predicted octanol–water partition coefficient (Wildman–Crippen LogP) is 2.22. The number of halogens is 1. The Hall–Kier alpha value is -1.59. The Morgan fingerprint density at radius 2 is 2.17 bits per heavy atom. The second kappa shape index (κ2) is 8.89. The number of rotatable bonds is 6. The summed E-state index contributed by atoms with van der Waals surface area (Å²) in [5, 5.41) is 2.88. The SMILES string of the molecule is CCC(C)C(N)C(=O)NCc1cccc(N2CCCC2=O)c1.Cl. The third-order valence-corrected chi connectivity index (χ3v) is 4.32. The van der Waals surface area contributed by atoms with Crippen molar-refractivity contribution in [1.29, 1.82) is 0 Å². The summed E-state index contributed by atoms with van der Waals surface area (Å²) in [6.07, 6.45) is 2.40. The Morgan fingerprint density at radius 3 is 2.78 bits per heavy atom. The van der Waals surface area contributed by atoms with E-state index in [0.29, 0.717) is 13.0 Å². The molecule has 0 aromatic heterocycles. The Morgan fingerprint density at radius 1 is 1.43 bits per heavy atom. The van der Waals surface area contributed by atoms with Gasteiger partial charge in [-0.1, -0.05) is 32.4 Å². The molecule has 2 atom stereocenters. The first-order chi connectivity index (χ1) is 10.5. The molecule has 0 aliphatic carbocycles. The number of carbonyl (C=O) groups is 2. The van der Waals surface area contributed by atoms with Crippen LogP contribution < -0.4 is 16.0 Å². The number of hydrogen-bond donors (Lipinski definition) is 2. The Balaban J connectivity index is 0.00000264. The number of hydrogen-bond acceptors (Lipinski definition) is 3. The molecule has 2 unspecified atom stereocenters. The molecule has 3 N–H and O–H groups in total. The van der Waals surface area contributed by atoms with Gasteiger partial charge in [-0.05, 0) is 30.0 Å². The van der Waals surface area contributed by atoms with Gasteiger partial charge in [-0.25, -0.2) is 0 Å². The lowest BCUT2D eigenvalue weighted by molar-refractivity contribution is -0.123. The van der Waals surface area contributed by atoms with Crippen LogP contribution in [0.2, 0.25) is 0 Å². The molecule has 1 aromatic rings. The summed E-state index contributed by atoms with van der Waals surface area (Å²) in [4.78, 5) is 25.6. The number of benzene rings is 1. The second-order valence-electron chi connectivity index (χ2n) is 5.95. The van der Waals surface area contributed by atoms with Crippen molar-refractivity contribution < 1.29 is 9.59 Å². The lowest BCUT2D eigenvalue weighted by Crippen LogP contribution is -2.44. The van der Waals surface area contributed by atoms with Gasteiger partial charge in [-0.3, -0.25) is 9.59 Å². The molecule has 1 fully saturated rings. The average molecular weight is 340 g/mol. The van der Waals surface area contributed by atoms with Crippen LogP contribution in [0.25, 0.3) is 0 Å². The zero-order valence-corrected chi connectivity index (χ0v) is 14.6. The van der Waals surface area contributed by atoms with Crippen molar-refractivity contribution in [3.8, 4) is 0 Å². The zero-order valence-electron chi connectivity index (χ0n) is 13.7. The van der Waals surface area contributed by atoms with Crippen LogP contribution in [0.15, 0.2) is 24.3 Å². The molecular weight excluding hydrogens is 314 g/mol. The van der Waals surface area contributed by atoms with Gasteiger partial charge in [0.15, 0.2) is 0 Å². The summed E-state index contributed by atoms with van der Waals surface area (Å²) in [5.74, 6) is 0.200. The molecule has 0 radical (unpaired) electrons. The fraction of sp³-hybridized carbons (Fsp3) is 0.529. The standard InChI is InChI=1S/C17H25N3O2.ClH/c1-3-12(2)16(18)17(22)19-11-13-6-4-7-14(10-13)20-9-5-8-15(20)21;/h4,6-7,10,12,16H,3,5,8-9,11,18H2,1-2H3,(H,19,22);1H. The van der Waals surface area contributed by atoms with Gasteiger partial charge < -0.3 is 16.0 Å². The van der Waals surface area contributed by atoms with Crippen molar-refractivity contribution in [2.45, 2.75) is 45.7 Å². The van der Waals surface area contributed by atoms with Crippen LogP contribution in [-0.4, -0.2) is 24.4 Å². The minimum Gasteiger partial charge on any atom is -0.351 e. The molecule has 5 nitrogen and oxygen atoms in total. The van der Waals surface area contributed by atoms with Crippen molar-refractivity contribution in [1.82, 2.24) is 5.32 Å². The molecule has 2 amide bonds. The number of amides is 2. The molecule has 2 rings (SSSR count). The van der Waals surface area contributed by atoms with E-state index in [2.05, 4.69) is 5.32 Å². The fourth-order valence-electron chi connectivity index (χ4n) is 2.57. The lowest BCUT2D eigenvalue weighted by Gasteiger charge is -2.19. The Kier molecular flexibility index (Phi) is 7.52. The minimum atomic E-state index is -0.478. The smallest absolute Gasteiger partial charge is 0.237 e. The first kappa shape index (κ1) is 19.5. The van der Waals surface area contributed by atoms with E-state index in [4.69, 9.17) is 5.73 Å². The Bertz CT molecular complexity index is 550. The number of nitrogens with one attached hydrogen (secondary N) is 1. The monoisotopic (exact) mass is 339 g/mol. The van der Waals surface area contributed by atoms with Gasteiger partial charge in [0.2, 0.25) is 11.8 Å². The molecule has 1 aliphatic heterocycles. The predicted molar refractivity (Wildman–Crippen MR) is 94.6 cm³/mol. The quantitative estimate of drug-likeness (QED) is 0.834. The maximum absolute atomic E-state index is 12.0. The van der Waals surface area contributed by atoms with E-state index < -0.39 is 6.04 Å². The highest BCUT2D eigenvalue weighted by Gasteiger charge is 2.22. The van der Waals surface area contributed by atoms with Crippen LogP contribution in [0.5, 0.6) is 0 Å². The zero-order chi connectivity index (χ0) is 16.1. The van der Waals surface area contributed by atoms with Crippen molar-refractivity contribution in [2.24, 2.45) is 11.7 Å². The topological polar surface area (TPSA) is 75.4 Å². The largest absolute Gasteiger partial charge is 0.351 e. The van der Waals surface area contributed by atoms with Gasteiger partial charge in [0.25, 0.3) is 0 Å². The first-order valence-corrected chi connectivity index (χ1v) is 7.95. The minimum absolute atomic E-state index is 0.